The molecular formula is C13H10ClF2N3. The molecule has 0 unspecified atom stereocenters. The number of halogens is 3. The van der Waals surface area contributed by atoms with E-state index in [1.807, 2.05) is 6.07 Å². The van der Waals surface area contributed by atoms with Gasteiger partial charge >= 0.3 is 0 Å². The van der Waals surface area contributed by atoms with E-state index in [1.165, 1.54) is 0 Å². The number of nitrogens with zero attached hydrogens (tertiary/aromatic N) is 2. The second-order valence-electron chi connectivity index (χ2n) is 4.05. The minimum Gasteiger partial charge on any atom is -0.377 e. The van der Waals surface area contributed by atoms with Crippen LogP contribution in [0.4, 0.5) is 14.5 Å². The smallest absolute Gasteiger partial charge is 0.150 e. The number of anilines is 1. The van der Waals surface area contributed by atoms with Gasteiger partial charge in [0.25, 0.3) is 0 Å². The first-order valence-corrected chi connectivity index (χ1v) is 5.83. The summed E-state index contributed by atoms with van der Waals surface area (Å²) < 4.78 is 28.1. The van der Waals surface area contributed by atoms with Crippen molar-refractivity contribution in [3.8, 4) is 6.07 Å². The van der Waals surface area contributed by atoms with E-state index >= 15 is 0 Å². The van der Waals surface area contributed by atoms with E-state index in [9.17, 15) is 8.78 Å². The Morgan fingerprint density at radius 2 is 2.11 bits per heavy atom. The lowest BCUT2D eigenvalue weighted by Gasteiger charge is -2.08. The zero-order valence-electron chi connectivity index (χ0n) is 10.0. The SMILES string of the molecule is Cn1cc(CNc2c(F)cc(F)cc2Cl)cc1C#N. The van der Waals surface area contributed by atoms with Gasteiger partial charge < -0.3 is 9.88 Å². The zero-order chi connectivity index (χ0) is 14.0. The van der Waals surface area contributed by atoms with Crippen LogP contribution in [0.1, 0.15) is 11.3 Å². The summed E-state index contributed by atoms with van der Waals surface area (Å²) in [5.74, 6) is -1.47. The lowest BCUT2D eigenvalue weighted by atomic mass is 10.2. The van der Waals surface area contributed by atoms with Gasteiger partial charge in [0.05, 0.1) is 10.7 Å². The highest BCUT2D eigenvalue weighted by Crippen LogP contribution is 2.26. The summed E-state index contributed by atoms with van der Waals surface area (Å²) in [5, 5.41) is 11.6. The average molecular weight is 282 g/mol. The molecule has 0 fully saturated rings. The molecule has 0 amide bonds. The van der Waals surface area contributed by atoms with Crippen LogP contribution >= 0.6 is 11.6 Å². The van der Waals surface area contributed by atoms with Gasteiger partial charge in [-0.15, -0.1) is 0 Å². The van der Waals surface area contributed by atoms with E-state index in [2.05, 4.69) is 5.32 Å². The molecule has 2 rings (SSSR count). The third-order valence-corrected chi connectivity index (χ3v) is 2.95. The van der Waals surface area contributed by atoms with E-state index in [1.54, 1.807) is 23.9 Å². The van der Waals surface area contributed by atoms with Crippen molar-refractivity contribution in [1.29, 1.82) is 5.26 Å². The molecule has 3 nitrogen and oxygen atoms in total. The highest BCUT2D eigenvalue weighted by Gasteiger charge is 2.10. The lowest BCUT2D eigenvalue weighted by molar-refractivity contribution is 0.585. The molecule has 1 heterocycles. The van der Waals surface area contributed by atoms with Crippen LogP contribution in [0, 0.1) is 23.0 Å². The van der Waals surface area contributed by atoms with Crippen molar-refractivity contribution in [2.45, 2.75) is 6.54 Å². The van der Waals surface area contributed by atoms with Crippen LogP contribution in [0.2, 0.25) is 5.02 Å². The number of nitrogens with one attached hydrogen (secondary N) is 1. The molecule has 1 N–H and O–H groups in total. The molecule has 0 saturated carbocycles. The third kappa shape index (κ3) is 2.85. The second kappa shape index (κ2) is 5.29. The van der Waals surface area contributed by atoms with Crippen LogP contribution in [0.3, 0.4) is 0 Å². The number of nitriles is 1. The van der Waals surface area contributed by atoms with Gasteiger partial charge in [-0.05, 0) is 17.7 Å². The van der Waals surface area contributed by atoms with Crippen LogP contribution in [0.5, 0.6) is 0 Å². The largest absolute Gasteiger partial charge is 0.377 e. The summed E-state index contributed by atoms with van der Waals surface area (Å²) >= 11 is 5.76. The monoisotopic (exact) mass is 281 g/mol. The van der Waals surface area contributed by atoms with Gasteiger partial charge in [0.1, 0.15) is 17.6 Å². The molecule has 0 bridgehead atoms. The molecule has 19 heavy (non-hydrogen) atoms. The molecule has 0 atom stereocenters. The summed E-state index contributed by atoms with van der Waals surface area (Å²) in [5.41, 5.74) is 1.35. The number of hydrogen-bond acceptors (Lipinski definition) is 2. The van der Waals surface area contributed by atoms with Gasteiger partial charge in [0.15, 0.2) is 5.82 Å². The summed E-state index contributed by atoms with van der Waals surface area (Å²) in [6.07, 6.45) is 1.75. The Morgan fingerprint density at radius 3 is 2.68 bits per heavy atom. The molecule has 0 aliphatic carbocycles. The topological polar surface area (TPSA) is 40.8 Å². The molecule has 1 aromatic heterocycles. The van der Waals surface area contributed by atoms with Crippen LogP contribution in [0.15, 0.2) is 24.4 Å². The van der Waals surface area contributed by atoms with Crippen molar-refractivity contribution >= 4 is 17.3 Å². The molecule has 0 saturated heterocycles. The fourth-order valence-corrected chi connectivity index (χ4v) is 2.00. The highest BCUT2D eigenvalue weighted by molar-refractivity contribution is 6.33. The predicted molar refractivity (Wildman–Crippen MR) is 68.8 cm³/mol. The van der Waals surface area contributed by atoms with Crippen molar-refractivity contribution in [3.05, 3.63) is 52.3 Å². The van der Waals surface area contributed by atoms with Crippen LogP contribution in [-0.2, 0) is 13.6 Å². The van der Waals surface area contributed by atoms with Gasteiger partial charge in [-0.2, -0.15) is 5.26 Å². The molecular weight excluding hydrogens is 272 g/mol. The Kier molecular flexibility index (Phi) is 3.72. The third-order valence-electron chi connectivity index (χ3n) is 2.65. The normalized spacial score (nSPS) is 10.3. The minimum atomic E-state index is -0.749. The number of aromatic nitrogens is 1. The Labute approximate surface area is 114 Å². The van der Waals surface area contributed by atoms with Crippen molar-refractivity contribution in [2.75, 3.05) is 5.32 Å². The van der Waals surface area contributed by atoms with Crippen LogP contribution < -0.4 is 5.32 Å². The maximum Gasteiger partial charge on any atom is 0.150 e. The number of aryl methyl sites for hydroxylation is 1. The fraction of sp³-hybridized carbons (Fsp3) is 0.154. The van der Waals surface area contributed by atoms with Crippen LogP contribution in [0.25, 0.3) is 0 Å². The molecule has 2 aromatic rings. The van der Waals surface area contributed by atoms with E-state index in [4.69, 9.17) is 16.9 Å². The summed E-state index contributed by atoms with van der Waals surface area (Å²) in [4.78, 5) is 0. The summed E-state index contributed by atoms with van der Waals surface area (Å²) in [7, 11) is 1.74. The molecule has 0 radical (unpaired) electrons. The number of rotatable bonds is 3. The Morgan fingerprint density at radius 1 is 1.37 bits per heavy atom. The molecule has 98 valence electrons. The van der Waals surface area contributed by atoms with Crippen molar-refractivity contribution in [3.63, 3.8) is 0 Å². The van der Waals surface area contributed by atoms with Crippen molar-refractivity contribution in [1.82, 2.24) is 4.57 Å². The molecule has 6 heteroatoms. The second-order valence-corrected chi connectivity index (χ2v) is 4.46. The number of benzene rings is 1. The summed E-state index contributed by atoms with van der Waals surface area (Å²) in [6.45, 7) is 0.289. The van der Waals surface area contributed by atoms with E-state index in [0.29, 0.717) is 5.69 Å². The standard InChI is InChI=1S/C13H10ClF2N3/c1-19-7-8(2-10(19)5-17)6-18-13-11(14)3-9(15)4-12(13)16/h2-4,7,18H,6H2,1H3. The fourth-order valence-electron chi connectivity index (χ4n) is 1.74. The zero-order valence-corrected chi connectivity index (χ0v) is 10.8. The lowest BCUT2D eigenvalue weighted by Crippen LogP contribution is -2.02. The van der Waals surface area contributed by atoms with Gasteiger partial charge in [0.2, 0.25) is 0 Å². The van der Waals surface area contributed by atoms with E-state index in [0.717, 1.165) is 17.7 Å². The van der Waals surface area contributed by atoms with Crippen molar-refractivity contribution < 1.29 is 8.78 Å². The predicted octanol–water partition coefficient (Wildman–Crippen LogP) is 3.44. The van der Waals surface area contributed by atoms with E-state index in [-0.39, 0.29) is 17.3 Å². The molecule has 0 aliphatic rings. The Balaban J connectivity index is 2.17. The van der Waals surface area contributed by atoms with E-state index < -0.39 is 11.6 Å². The quantitative estimate of drug-likeness (QED) is 0.936. The Bertz CT molecular complexity index is 635. The average Bonchev–Trinajstić information content (AvgIpc) is 2.68. The maximum absolute atomic E-state index is 13.5. The highest BCUT2D eigenvalue weighted by atomic mass is 35.5. The Hall–Kier alpha value is -2.06. The first-order valence-electron chi connectivity index (χ1n) is 5.45. The molecule has 1 aromatic carbocycles. The number of hydrogen-bond donors (Lipinski definition) is 1. The van der Waals surface area contributed by atoms with Crippen LogP contribution in [-0.4, -0.2) is 4.57 Å². The molecule has 0 aliphatic heterocycles. The van der Waals surface area contributed by atoms with Gasteiger partial charge in [-0.25, -0.2) is 8.78 Å². The minimum absolute atomic E-state index is 0.0195. The van der Waals surface area contributed by atoms with Gasteiger partial charge in [-0.3, -0.25) is 0 Å². The van der Waals surface area contributed by atoms with Gasteiger partial charge in [-0.1, -0.05) is 11.6 Å². The van der Waals surface area contributed by atoms with Gasteiger partial charge in [0, 0.05) is 25.9 Å². The molecule has 0 spiro atoms. The maximum atomic E-state index is 13.5. The first kappa shape index (κ1) is 13.4. The first-order chi connectivity index (χ1) is 9.01. The summed E-state index contributed by atoms with van der Waals surface area (Å²) in [6, 6.07) is 5.52. The van der Waals surface area contributed by atoms with Crippen molar-refractivity contribution in [2.24, 2.45) is 7.05 Å².